The van der Waals surface area contributed by atoms with Crippen molar-refractivity contribution in [3.05, 3.63) is 58.6 Å². The summed E-state index contributed by atoms with van der Waals surface area (Å²) in [5.74, 6) is 0.877. The van der Waals surface area contributed by atoms with Crippen LogP contribution in [0.1, 0.15) is 5.56 Å². The van der Waals surface area contributed by atoms with Crippen LogP contribution in [0, 0.1) is 0 Å². The summed E-state index contributed by atoms with van der Waals surface area (Å²) >= 11 is 3.37. The Kier molecular flexibility index (Phi) is 5.83. The first-order chi connectivity index (χ1) is 12.6. The number of nitrogens with zero attached hydrogens (tertiary/aromatic N) is 2. The highest BCUT2D eigenvalue weighted by atomic mass is 79.9. The van der Waals surface area contributed by atoms with Gasteiger partial charge in [-0.05, 0) is 64.0 Å². The van der Waals surface area contributed by atoms with Crippen molar-refractivity contribution in [2.75, 3.05) is 43.9 Å². The maximum atomic E-state index is 12.4. The Morgan fingerprint density at radius 3 is 2.42 bits per heavy atom. The fourth-order valence-corrected chi connectivity index (χ4v) is 3.16. The first kappa shape index (κ1) is 18.3. The number of hydrogen-bond donors (Lipinski definition) is 1. The van der Waals surface area contributed by atoms with Crippen LogP contribution in [0.25, 0.3) is 6.08 Å². The number of amides is 1. The molecule has 1 amide bonds. The number of benzene rings is 2. The van der Waals surface area contributed by atoms with Gasteiger partial charge in [0.25, 0.3) is 0 Å². The quantitative estimate of drug-likeness (QED) is 0.613. The maximum Gasteiger partial charge on any atom is 0.246 e. The van der Waals surface area contributed by atoms with E-state index in [1.165, 1.54) is 0 Å². The van der Waals surface area contributed by atoms with Gasteiger partial charge in [-0.25, -0.2) is 0 Å². The summed E-state index contributed by atoms with van der Waals surface area (Å²) < 4.78 is 6.05. The lowest BCUT2D eigenvalue weighted by molar-refractivity contribution is -0.126. The number of piperazine rings is 1. The largest absolute Gasteiger partial charge is 0.497 e. The normalized spacial score (nSPS) is 14.7. The number of nitrogens with two attached hydrogens (primary N) is 1. The summed E-state index contributed by atoms with van der Waals surface area (Å²) in [6.07, 6.45) is 3.42. The summed E-state index contributed by atoms with van der Waals surface area (Å²) in [7, 11) is 1.66. The summed E-state index contributed by atoms with van der Waals surface area (Å²) in [5.41, 5.74) is 8.59. The van der Waals surface area contributed by atoms with E-state index in [1.54, 1.807) is 19.3 Å². The Bertz CT molecular complexity index is 797. The first-order valence-electron chi connectivity index (χ1n) is 8.48. The average Bonchev–Trinajstić information content (AvgIpc) is 2.69. The fraction of sp³-hybridized carbons (Fsp3) is 0.250. The number of methoxy groups -OCH3 is 1. The van der Waals surface area contributed by atoms with Crippen LogP contribution in [-0.2, 0) is 4.79 Å². The minimum atomic E-state index is 0.0286. The van der Waals surface area contributed by atoms with Crippen molar-refractivity contribution in [3.63, 3.8) is 0 Å². The van der Waals surface area contributed by atoms with Crippen LogP contribution in [0.2, 0.25) is 0 Å². The molecule has 2 aromatic carbocycles. The van der Waals surface area contributed by atoms with Crippen molar-refractivity contribution in [1.82, 2.24) is 4.90 Å². The molecule has 0 atom stereocenters. The smallest absolute Gasteiger partial charge is 0.246 e. The highest BCUT2D eigenvalue weighted by molar-refractivity contribution is 9.10. The van der Waals surface area contributed by atoms with Gasteiger partial charge >= 0.3 is 0 Å². The molecule has 136 valence electrons. The molecule has 3 rings (SSSR count). The molecule has 2 aromatic rings. The molecule has 26 heavy (non-hydrogen) atoms. The third kappa shape index (κ3) is 4.38. The van der Waals surface area contributed by atoms with Gasteiger partial charge in [-0.15, -0.1) is 0 Å². The van der Waals surface area contributed by atoms with E-state index < -0.39 is 0 Å². The number of carbonyl (C=O) groups is 1. The van der Waals surface area contributed by atoms with Gasteiger partial charge in [-0.2, -0.15) is 0 Å². The molecule has 1 aliphatic rings. The van der Waals surface area contributed by atoms with E-state index in [4.69, 9.17) is 10.5 Å². The van der Waals surface area contributed by atoms with E-state index >= 15 is 0 Å². The van der Waals surface area contributed by atoms with Crippen molar-refractivity contribution in [2.24, 2.45) is 0 Å². The number of rotatable bonds is 4. The average molecular weight is 416 g/mol. The molecule has 0 radical (unpaired) electrons. The van der Waals surface area contributed by atoms with E-state index in [2.05, 4.69) is 20.8 Å². The van der Waals surface area contributed by atoms with Gasteiger partial charge < -0.3 is 20.3 Å². The molecule has 0 aromatic heterocycles. The summed E-state index contributed by atoms with van der Waals surface area (Å²) in [6, 6.07) is 13.7. The molecule has 0 aliphatic carbocycles. The summed E-state index contributed by atoms with van der Waals surface area (Å²) in [4.78, 5) is 16.6. The molecule has 1 fully saturated rings. The van der Waals surface area contributed by atoms with Crippen molar-refractivity contribution in [3.8, 4) is 5.75 Å². The van der Waals surface area contributed by atoms with Crippen molar-refractivity contribution in [1.29, 1.82) is 0 Å². The molecule has 5 nitrogen and oxygen atoms in total. The van der Waals surface area contributed by atoms with Crippen LogP contribution >= 0.6 is 15.9 Å². The van der Waals surface area contributed by atoms with Gasteiger partial charge in [0.05, 0.1) is 7.11 Å². The molecule has 0 unspecified atom stereocenters. The summed E-state index contributed by atoms with van der Waals surface area (Å²) in [6.45, 7) is 3.05. The summed E-state index contributed by atoms with van der Waals surface area (Å²) in [5, 5.41) is 0. The van der Waals surface area contributed by atoms with Gasteiger partial charge in [0.2, 0.25) is 5.91 Å². The lowest BCUT2D eigenvalue weighted by atomic mass is 10.2. The minimum absolute atomic E-state index is 0.0286. The molecule has 0 bridgehead atoms. The Hall–Kier alpha value is -2.47. The molecule has 1 aliphatic heterocycles. The Morgan fingerprint density at radius 2 is 1.81 bits per heavy atom. The molecule has 0 spiro atoms. The predicted molar refractivity (Wildman–Crippen MR) is 109 cm³/mol. The second kappa shape index (κ2) is 8.27. The predicted octanol–water partition coefficient (Wildman–Crippen LogP) is 3.40. The Morgan fingerprint density at radius 1 is 1.12 bits per heavy atom. The minimum Gasteiger partial charge on any atom is -0.497 e. The lowest BCUT2D eigenvalue weighted by Gasteiger charge is -2.35. The number of halogens is 1. The maximum absolute atomic E-state index is 12.4. The molecule has 6 heteroatoms. The molecular formula is C20H22BrN3O2. The van der Waals surface area contributed by atoms with Crippen LogP contribution < -0.4 is 15.4 Å². The van der Waals surface area contributed by atoms with E-state index in [-0.39, 0.29) is 5.91 Å². The zero-order valence-corrected chi connectivity index (χ0v) is 16.3. The van der Waals surface area contributed by atoms with Gasteiger partial charge in [-0.1, -0.05) is 6.07 Å². The first-order valence-corrected chi connectivity index (χ1v) is 9.27. The Balaban J connectivity index is 1.55. The van der Waals surface area contributed by atoms with Crippen molar-refractivity contribution < 1.29 is 9.53 Å². The monoisotopic (exact) mass is 415 g/mol. The molecular weight excluding hydrogens is 394 g/mol. The lowest BCUT2D eigenvalue weighted by Crippen LogP contribution is -2.48. The van der Waals surface area contributed by atoms with E-state index in [0.29, 0.717) is 18.8 Å². The third-order valence-electron chi connectivity index (χ3n) is 4.47. The van der Waals surface area contributed by atoms with Crippen LogP contribution in [0.5, 0.6) is 5.75 Å². The van der Waals surface area contributed by atoms with Crippen LogP contribution in [0.15, 0.2) is 53.0 Å². The number of carbonyl (C=O) groups excluding carboxylic acids is 1. The second-order valence-corrected chi connectivity index (χ2v) is 6.98. The fourth-order valence-electron chi connectivity index (χ4n) is 2.92. The van der Waals surface area contributed by atoms with Gasteiger partial charge in [-0.3, -0.25) is 4.79 Å². The molecule has 2 N–H and O–H groups in total. The van der Waals surface area contributed by atoms with Crippen LogP contribution in [0.3, 0.4) is 0 Å². The number of anilines is 2. The topological polar surface area (TPSA) is 58.8 Å². The standard InChI is InChI=1S/C20H22BrN3O2/c1-26-17-6-4-16(5-7-17)23-10-12-24(13-11-23)20(25)9-3-15-2-8-18(21)19(22)14-15/h2-9,14H,10-13,22H2,1H3/b9-3+. The second-order valence-electron chi connectivity index (χ2n) is 6.12. The van der Waals surface area contributed by atoms with Gasteiger partial charge in [0.15, 0.2) is 0 Å². The van der Waals surface area contributed by atoms with Gasteiger partial charge in [0, 0.05) is 48.1 Å². The number of ether oxygens (including phenoxy) is 1. The van der Waals surface area contributed by atoms with E-state index in [1.807, 2.05) is 47.4 Å². The molecule has 0 saturated carbocycles. The van der Waals surface area contributed by atoms with Crippen molar-refractivity contribution >= 4 is 39.3 Å². The number of nitrogen functional groups attached to an aromatic ring is 1. The van der Waals surface area contributed by atoms with Crippen LogP contribution in [0.4, 0.5) is 11.4 Å². The highest BCUT2D eigenvalue weighted by Crippen LogP contribution is 2.22. The SMILES string of the molecule is COc1ccc(N2CCN(C(=O)/C=C/c3ccc(Br)c(N)c3)CC2)cc1. The number of hydrogen-bond acceptors (Lipinski definition) is 4. The van der Waals surface area contributed by atoms with Crippen LogP contribution in [-0.4, -0.2) is 44.1 Å². The molecule has 1 heterocycles. The highest BCUT2D eigenvalue weighted by Gasteiger charge is 2.19. The van der Waals surface area contributed by atoms with Gasteiger partial charge in [0.1, 0.15) is 5.75 Å². The van der Waals surface area contributed by atoms with Crippen molar-refractivity contribution in [2.45, 2.75) is 0 Å². The zero-order chi connectivity index (χ0) is 18.5. The van der Waals surface area contributed by atoms with E-state index in [9.17, 15) is 4.79 Å². The zero-order valence-electron chi connectivity index (χ0n) is 14.7. The van der Waals surface area contributed by atoms with E-state index in [0.717, 1.165) is 34.6 Å². The molecule has 1 saturated heterocycles. The third-order valence-corrected chi connectivity index (χ3v) is 5.19. The Labute approximate surface area is 162 Å².